The molecule has 3 N–H and O–H groups in total. The Morgan fingerprint density at radius 1 is 1.61 bits per heavy atom. The summed E-state index contributed by atoms with van der Waals surface area (Å²) in [4.78, 5) is 11.9. The number of nitrogens with zero attached hydrogens (tertiary/aromatic N) is 1. The number of carbonyl (C=O) groups is 1. The van der Waals surface area contributed by atoms with Gasteiger partial charge in [0.1, 0.15) is 5.69 Å². The van der Waals surface area contributed by atoms with Gasteiger partial charge < -0.3 is 20.4 Å². The lowest BCUT2D eigenvalue weighted by Crippen LogP contribution is -2.29. The molecular weight excluding hydrogens is 230 g/mol. The van der Waals surface area contributed by atoms with Crippen molar-refractivity contribution in [1.82, 2.24) is 9.88 Å². The van der Waals surface area contributed by atoms with E-state index in [0.29, 0.717) is 24.5 Å². The SMILES string of the molecule is CCn1cc(N)cc1C(=O)NCCOCC1CC1. The Hall–Kier alpha value is -1.49. The molecule has 1 aliphatic rings. The number of amides is 1. The fourth-order valence-electron chi connectivity index (χ4n) is 1.85. The molecule has 18 heavy (non-hydrogen) atoms. The number of carbonyl (C=O) groups excluding carboxylic acids is 1. The summed E-state index contributed by atoms with van der Waals surface area (Å²) in [6, 6.07) is 1.70. The molecule has 1 aromatic rings. The third kappa shape index (κ3) is 3.50. The number of rotatable bonds is 7. The van der Waals surface area contributed by atoms with Crippen LogP contribution in [0, 0.1) is 5.92 Å². The first-order valence-electron chi connectivity index (χ1n) is 6.52. The van der Waals surface area contributed by atoms with Gasteiger partial charge in [-0.2, -0.15) is 0 Å². The molecule has 0 aliphatic heterocycles. The average molecular weight is 251 g/mol. The Morgan fingerprint density at radius 2 is 2.39 bits per heavy atom. The van der Waals surface area contributed by atoms with Crippen molar-refractivity contribution >= 4 is 11.6 Å². The smallest absolute Gasteiger partial charge is 0.268 e. The zero-order valence-electron chi connectivity index (χ0n) is 10.8. The number of hydrogen-bond acceptors (Lipinski definition) is 3. The van der Waals surface area contributed by atoms with E-state index in [4.69, 9.17) is 10.5 Å². The van der Waals surface area contributed by atoms with Gasteiger partial charge in [0.2, 0.25) is 0 Å². The first kappa shape index (κ1) is 13.0. The number of aromatic nitrogens is 1. The summed E-state index contributed by atoms with van der Waals surface area (Å²) in [5, 5.41) is 2.84. The Labute approximate surface area is 107 Å². The van der Waals surface area contributed by atoms with Crippen LogP contribution >= 0.6 is 0 Å². The molecule has 0 unspecified atom stereocenters. The third-order valence-electron chi connectivity index (χ3n) is 3.07. The average Bonchev–Trinajstić information content (AvgIpc) is 3.10. The normalized spacial score (nSPS) is 14.7. The van der Waals surface area contributed by atoms with Gasteiger partial charge in [-0.05, 0) is 31.7 Å². The number of hydrogen-bond donors (Lipinski definition) is 2. The molecule has 0 atom stereocenters. The molecule has 0 bridgehead atoms. The zero-order valence-corrected chi connectivity index (χ0v) is 10.8. The predicted octanol–water partition coefficient (Wildman–Crippen LogP) is 1.25. The van der Waals surface area contributed by atoms with E-state index in [-0.39, 0.29) is 5.91 Å². The van der Waals surface area contributed by atoms with Crippen molar-refractivity contribution in [3.05, 3.63) is 18.0 Å². The molecular formula is C13H21N3O2. The highest BCUT2D eigenvalue weighted by Crippen LogP contribution is 2.28. The van der Waals surface area contributed by atoms with Gasteiger partial charge in [0.25, 0.3) is 5.91 Å². The van der Waals surface area contributed by atoms with Crippen LogP contribution in [-0.2, 0) is 11.3 Å². The third-order valence-corrected chi connectivity index (χ3v) is 3.07. The second-order valence-electron chi connectivity index (χ2n) is 4.72. The van der Waals surface area contributed by atoms with E-state index in [1.807, 2.05) is 11.5 Å². The Kier molecular flexibility index (Phi) is 4.25. The van der Waals surface area contributed by atoms with E-state index in [1.165, 1.54) is 12.8 Å². The summed E-state index contributed by atoms with van der Waals surface area (Å²) in [5.74, 6) is 0.668. The molecule has 5 nitrogen and oxygen atoms in total. The topological polar surface area (TPSA) is 69.3 Å². The van der Waals surface area contributed by atoms with Crippen LogP contribution in [0.5, 0.6) is 0 Å². The number of nitrogens with one attached hydrogen (secondary N) is 1. The van der Waals surface area contributed by atoms with Gasteiger partial charge in [0.15, 0.2) is 0 Å². The molecule has 1 aliphatic carbocycles. The van der Waals surface area contributed by atoms with E-state index in [9.17, 15) is 4.79 Å². The second-order valence-corrected chi connectivity index (χ2v) is 4.72. The maximum absolute atomic E-state index is 11.9. The molecule has 5 heteroatoms. The minimum Gasteiger partial charge on any atom is -0.397 e. The largest absolute Gasteiger partial charge is 0.397 e. The molecule has 0 aromatic carbocycles. The Bertz CT molecular complexity index is 410. The number of nitrogens with two attached hydrogens (primary N) is 1. The number of ether oxygens (including phenoxy) is 1. The van der Waals surface area contributed by atoms with Crippen molar-refractivity contribution in [2.75, 3.05) is 25.5 Å². The van der Waals surface area contributed by atoms with Crippen LogP contribution in [0.1, 0.15) is 30.3 Å². The number of aryl methyl sites for hydroxylation is 1. The number of nitrogen functional groups attached to an aromatic ring is 1. The van der Waals surface area contributed by atoms with Crippen molar-refractivity contribution < 1.29 is 9.53 Å². The summed E-state index contributed by atoms with van der Waals surface area (Å²) in [5.41, 5.74) is 6.91. The van der Waals surface area contributed by atoms with Crippen molar-refractivity contribution in [3.63, 3.8) is 0 Å². The second kappa shape index (κ2) is 5.91. The molecule has 1 heterocycles. The molecule has 0 radical (unpaired) electrons. The van der Waals surface area contributed by atoms with Crippen LogP contribution in [-0.4, -0.2) is 30.2 Å². The summed E-state index contributed by atoms with van der Waals surface area (Å²) in [6.07, 6.45) is 4.35. The lowest BCUT2D eigenvalue weighted by Gasteiger charge is -2.08. The fourth-order valence-corrected chi connectivity index (χ4v) is 1.85. The lowest BCUT2D eigenvalue weighted by molar-refractivity contribution is 0.0898. The van der Waals surface area contributed by atoms with E-state index in [1.54, 1.807) is 12.3 Å². The van der Waals surface area contributed by atoms with Gasteiger partial charge in [0, 0.05) is 25.9 Å². The van der Waals surface area contributed by atoms with Gasteiger partial charge in [-0.25, -0.2) is 0 Å². The van der Waals surface area contributed by atoms with E-state index < -0.39 is 0 Å². The van der Waals surface area contributed by atoms with Crippen LogP contribution in [0.15, 0.2) is 12.3 Å². The van der Waals surface area contributed by atoms with Crippen LogP contribution in [0.3, 0.4) is 0 Å². The predicted molar refractivity (Wildman–Crippen MR) is 70.4 cm³/mol. The maximum atomic E-state index is 11.9. The van der Waals surface area contributed by atoms with Gasteiger partial charge >= 0.3 is 0 Å². The van der Waals surface area contributed by atoms with Crippen molar-refractivity contribution in [2.45, 2.75) is 26.3 Å². The highest BCUT2D eigenvalue weighted by Gasteiger charge is 2.20. The molecule has 100 valence electrons. The standard InChI is InChI=1S/C13H21N3O2/c1-2-16-8-11(14)7-12(16)13(17)15-5-6-18-9-10-3-4-10/h7-8,10H,2-6,9,14H2,1H3,(H,15,17). The molecule has 1 aromatic heterocycles. The summed E-state index contributed by atoms with van der Waals surface area (Å²) in [7, 11) is 0. The number of anilines is 1. The molecule has 0 spiro atoms. The van der Waals surface area contributed by atoms with Crippen LogP contribution < -0.4 is 11.1 Å². The van der Waals surface area contributed by atoms with Crippen molar-refractivity contribution in [2.24, 2.45) is 5.92 Å². The highest BCUT2D eigenvalue weighted by molar-refractivity contribution is 5.93. The minimum atomic E-state index is -0.0939. The van der Waals surface area contributed by atoms with Crippen molar-refractivity contribution in [3.8, 4) is 0 Å². The zero-order chi connectivity index (χ0) is 13.0. The molecule has 1 amide bonds. The summed E-state index contributed by atoms with van der Waals surface area (Å²) < 4.78 is 7.30. The van der Waals surface area contributed by atoms with Crippen LogP contribution in [0.4, 0.5) is 5.69 Å². The van der Waals surface area contributed by atoms with Gasteiger partial charge in [0.05, 0.1) is 12.3 Å². The van der Waals surface area contributed by atoms with Crippen LogP contribution in [0.2, 0.25) is 0 Å². The minimum absolute atomic E-state index is 0.0939. The Morgan fingerprint density at radius 3 is 3.06 bits per heavy atom. The molecule has 2 rings (SSSR count). The maximum Gasteiger partial charge on any atom is 0.268 e. The van der Waals surface area contributed by atoms with E-state index in [0.717, 1.165) is 19.1 Å². The molecule has 1 fully saturated rings. The quantitative estimate of drug-likeness (QED) is 0.716. The van der Waals surface area contributed by atoms with Gasteiger partial charge in [-0.3, -0.25) is 4.79 Å². The fraction of sp³-hybridized carbons (Fsp3) is 0.615. The van der Waals surface area contributed by atoms with E-state index >= 15 is 0 Å². The van der Waals surface area contributed by atoms with Crippen molar-refractivity contribution in [1.29, 1.82) is 0 Å². The Balaban J connectivity index is 1.72. The summed E-state index contributed by atoms with van der Waals surface area (Å²) >= 11 is 0. The van der Waals surface area contributed by atoms with Gasteiger partial charge in [-0.15, -0.1) is 0 Å². The highest BCUT2D eigenvalue weighted by atomic mass is 16.5. The first-order valence-corrected chi connectivity index (χ1v) is 6.52. The monoisotopic (exact) mass is 251 g/mol. The van der Waals surface area contributed by atoms with E-state index in [2.05, 4.69) is 5.32 Å². The lowest BCUT2D eigenvalue weighted by atomic mass is 10.4. The molecule has 0 saturated heterocycles. The first-order chi connectivity index (χ1) is 8.70. The summed E-state index contributed by atoms with van der Waals surface area (Å²) in [6.45, 7) is 4.66. The van der Waals surface area contributed by atoms with Crippen LogP contribution in [0.25, 0.3) is 0 Å². The molecule has 1 saturated carbocycles. The van der Waals surface area contributed by atoms with Gasteiger partial charge in [-0.1, -0.05) is 0 Å².